The van der Waals surface area contributed by atoms with E-state index in [4.69, 9.17) is 16.7 Å². The van der Waals surface area contributed by atoms with Crippen LogP contribution in [-0.4, -0.2) is 11.1 Å². The van der Waals surface area contributed by atoms with Crippen molar-refractivity contribution in [2.75, 3.05) is 0 Å². The second kappa shape index (κ2) is 4.74. The van der Waals surface area contributed by atoms with E-state index in [-0.39, 0.29) is 12.6 Å². The van der Waals surface area contributed by atoms with Gasteiger partial charge >= 0.3 is 5.97 Å². The Morgan fingerprint density at radius 3 is 2.67 bits per heavy atom. The smallest absolute Gasteiger partial charge is 0.307 e. The van der Waals surface area contributed by atoms with Crippen LogP contribution in [0.3, 0.4) is 0 Å². The van der Waals surface area contributed by atoms with Crippen molar-refractivity contribution in [3.8, 4) is 0 Å². The zero-order valence-corrected chi connectivity index (χ0v) is 7.21. The maximum atomic E-state index is 10.2. The quantitative estimate of drug-likeness (QED) is 0.745. The number of carbonyl (C=O) groups is 1. The predicted octanol–water partition coefficient (Wildman–Crippen LogP) is 2.13. The lowest BCUT2D eigenvalue weighted by Gasteiger charge is -1.95. The van der Waals surface area contributed by atoms with Crippen molar-refractivity contribution in [1.82, 2.24) is 6.15 Å². The Balaban J connectivity index is 0.00000121. The van der Waals surface area contributed by atoms with Gasteiger partial charge in [-0.25, -0.2) is 0 Å². The molecule has 0 heterocycles. The van der Waals surface area contributed by atoms with E-state index >= 15 is 0 Å². The Morgan fingerprint density at radius 2 is 2.17 bits per heavy atom. The normalized spacial score (nSPS) is 8.75. The van der Waals surface area contributed by atoms with Gasteiger partial charge in [0.1, 0.15) is 0 Å². The minimum atomic E-state index is -0.840. The van der Waals surface area contributed by atoms with Crippen molar-refractivity contribution in [1.29, 1.82) is 0 Å². The van der Waals surface area contributed by atoms with Crippen LogP contribution in [0.4, 0.5) is 0 Å². The van der Waals surface area contributed by atoms with E-state index in [1.807, 2.05) is 0 Å². The summed E-state index contributed by atoms with van der Waals surface area (Å²) in [4.78, 5) is 10.2. The summed E-state index contributed by atoms with van der Waals surface area (Å²) in [7, 11) is 0. The molecule has 0 saturated carbocycles. The van der Waals surface area contributed by atoms with Crippen molar-refractivity contribution in [2.45, 2.75) is 6.42 Å². The van der Waals surface area contributed by atoms with Crippen LogP contribution in [0.1, 0.15) is 5.56 Å². The molecule has 0 unspecified atom stereocenters. The molecule has 66 valence electrons. The highest BCUT2D eigenvalue weighted by molar-refractivity contribution is 6.30. The number of carboxylic acids is 1. The summed E-state index contributed by atoms with van der Waals surface area (Å²) in [6, 6.07) is 6.84. The summed E-state index contributed by atoms with van der Waals surface area (Å²) in [6.45, 7) is 0. The fraction of sp³-hybridized carbons (Fsp3) is 0.125. The van der Waals surface area contributed by atoms with E-state index in [0.29, 0.717) is 5.02 Å². The maximum Gasteiger partial charge on any atom is 0.307 e. The number of benzene rings is 1. The Kier molecular flexibility index (Phi) is 4.33. The standard InChI is InChI=1S/C8H7ClO2.H3N/c9-7-3-1-2-6(4-7)5-8(10)11;/h1-4H,5H2,(H,10,11);1H3. The van der Waals surface area contributed by atoms with Crippen LogP contribution in [0.25, 0.3) is 0 Å². The molecule has 0 saturated heterocycles. The summed E-state index contributed by atoms with van der Waals surface area (Å²) < 4.78 is 0. The number of rotatable bonds is 2. The summed E-state index contributed by atoms with van der Waals surface area (Å²) in [5, 5.41) is 8.99. The third-order valence-corrected chi connectivity index (χ3v) is 1.48. The first kappa shape index (κ1) is 10.9. The maximum absolute atomic E-state index is 10.2. The number of carboxylic acid groups (broad SMARTS) is 1. The second-order valence-electron chi connectivity index (χ2n) is 2.20. The number of halogens is 1. The van der Waals surface area contributed by atoms with E-state index < -0.39 is 5.97 Å². The van der Waals surface area contributed by atoms with Gasteiger partial charge in [0.05, 0.1) is 6.42 Å². The van der Waals surface area contributed by atoms with Crippen LogP contribution in [-0.2, 0) is 11.2 Å². The lowest BCUT2D eigenvalue weighted by molar-refractivity contribution is -0.136. The lowest BCUT2D eigenvalue weighted by atomic mass is 10.2. The molecule has 1 rings (SSSR count). The Bertz CT molecular complexity index is 276. The molecule has 1 aromatic carbocycles. The van der Waals surface area contributed by atoms with Gasteiger partial charge < -0.3 is 11.3 Å². The molecule has 0 fully saturated rings. The van der Waals surface area contributed by atoms with Crippen LogP contribution in [0, 0.1) is 0 Å². The molecule has 4 heteroatoms. The predicted molar refractivity (Wildman–Crippen MR) is 47.8 cm³/mol. The SMILES string of the molecule is N.O=C(O)Cc1cccc(Cl)c1. The summed E-state index contributed by atoms with van der Waals surface area (Å²) in [5.74, 6) is -0.840. The Hall–Kier alpha value is -1.06. The Morgan fingerprint density at radius 1 is 1.50 bits per heavy atom. The number of aliphatic carboxylic acids is 1. The first-order valence-corrected chi connectivity index (χ1v) is 3.52. The van der Waals surface area contributed by atoms with Crippen LogP contribution in [0.2, 0.25) is 5.02 Å². The van der Waals surface area contributed by atoms with Crippen LogP contribution in [0.15, 0.2) is 24.3 Å². The molecule has 0 aliphatic heterocycles. The monoisotopic (exact) mass is 187 g/mol. The molecule has 1 aromatic rings. The summed E-state index contributed by atoms with van der Waals surface area (Å²) in [6.07, 6.45) is 0.0283. The van der Waals surface area contributed by atoms with Gasteiger partial charge in [-0.1, -0.05) is 23.7 Å². The first-order chi connectivity index (χ1) is 5.18. The zero-order chi connectivity index (χ0) is 8.27. The minimum Gasteiger partial charge on any atom is -0.481 e. The van der Waals surface area contributed by atoms with Crippen molar-refractivity contribution in [3.63, 3.8) is 0 Å². The molecule has 0 spiro atoms. The van der Waals surface area contributed by atoms with Crippen molar-refractivity contribution < 1.29 is 9.90 Å². The zero-order valence-electron chi connectivity index (χ0n) is 6.46. The molecule has 0 aliphatic rings. The van der Waals surface area contributed by atoms with Gasteiger partial charge in [0.15, 0.2) is 0 Å². The van der Waals surface area contributed by atoms with Gasteiger partial charge in [0.2, 0.25) is 0 Å². The fourth-order valence-electron chi connectivity index (χ4n) is 0.822. The number of hydrogen-bond donors (Lipinski definition) is 2. The molecule has 4 N–H and O–H groups in total. The highest BCUT2D eigenvalue weighted by atomic mass is 35.5. The molecular formula is C8H10ClNO2. The van der Waals surface area contributed by atoms with Gasteiger partial charge in [-0.2, -0.15) is 0 Å². The molecule has 0 amide bonds. The van der Waals surface area contributed by atoms with Crippen molar-refractivity contribution >= 4 is 17.6 Å². The van der Waals surface area contributed by atoms with Gasteiger partial charge in [-0.3, -0.25) is 4.79 Å². The molecule has 0 aliphatic carbocycles. The van der Waals surface area contributed by atoms with Gasteiger partial charge in [-0.05, 0) is 17.7 Å². The van der Waals surface area contributed by atoms with Crippen LogP contribution in [0.5, 0.6) is 0 Å². The summed E-state index contributed by atoms with van der Waals surface area (Å²) in [5.41, 5.74) is 0.727. The van der Waals surface area contributed by atoms with E-state index in [1.54, 1.807) is 24.3 Å². The molecule has 0 bridgehead atoms. The fourth-order valence-corrected chi connectivity index (χ4v) is 1.03. The van der Waals surface area contributed by atoms with Crippen LogP contribution >= 0.6 is 11.6 Å². The van der Waals surface area contributed by atoms with Crippen molar-refractivity contribution in [2.24, 2.45) is 0 Å². The van der Waals surface area contributed by atoms with Gasteiger partial charge in [-0.15, -0.1) is 0 Å². The van der Waals surface area contributed by atoms with Gasteiger partial charge in [0, 0.05) is 5.02 Å². The third-order valence-electron chi connectivity index (χ3n) is 1.24. The third kappa shape index (κ3) is 3.37. The van der Waals surface area contributed by atoms with Gasteiger partial charge in [0.25, 0.3) is 0 Å². The van der Waals surface area contributed by atoms with Crippen LogP contribution < -0.4 is 6.15 Å². The molecule has 3 nitrogen and oxygen atoms in total. The molecule has 12 heavy (non-hydrogen) atoms. The molecule has 0 atom stereocenters. The Labute approximate surface area is 75.6 Å². The molecular weight excluding hydrogens is 178 g/mol. The largest absolute Gasteiger partial charge is 0.481 e. The average molecular weight is 188 g/mol. The molecule has 0 radical (unpaired) electrons. The number of hydrogen-bond acceptors (Lipinski definition) is 2. The lowest BCUT2D eigenvalue weighted by Crippen LogP contribution is -1.99. The average Bonchev–Trinajstić information content (AvgIpc) is 1.85. The van der Waals surface area contributed by atoms with Crippen molar-refractivity contribution in [3.05, 3.63) is 34.9 Å². The molecule has 0 aromatic heterocycles. The van der Waals surface area contributed by atoms with E-state index in [9.17, 15) is 4.79 Å². The van der Waals surface area contributed by atoms with E-state index in [1.165, 1.54) is 0 Å². The highest BCUT2D eigenvalue weighted by Gasteiger charge is 1.99. The topological polar surface area (TPSA) is 72.3 Å². The minimum absolute atomic E-state index is 0. The summed E-state index contributed by atoms with van der Waals surface area (Å²) >= 11 is 5.64. The first-order valence-electron chi connectivity index (χ1n) is 3.15. The van der Waals surface area contributed by atoms with E-state index in [0.717, 1.165) is 5.56 Å². The second-order valence-corrected chi connectivity index (χ2v) is 2.64. The highest BCUT2D eigenvalue weighted by Crippen LogP contribution is 2.10. The van der Waals surface area contributed by atoms with E-state index in [2.05, 4.69) is 0 Å².